The number of carbonyl (C=O) groups is 1. The lowest BCUT2D eigenvalue weighted by atomic mass is 9.95. The van der Waals surface area contributed by atoms with Crippen molar-refractivity contribution >= 4 is 60.5 Å². The molecule has 4 aromatic rings. The number of halogens is 3. The van der Waals surface area contributed by atoms with E-state index in [0.29, 0.717) is 30.9 Å². The fraction of sp³-hybridized carbons (Fsp3) is 0.421. The molecule has 9 nitrogen and oxygen atoms in total. The lowest BCUT2D eigenvalue weighted by Crippen LogP contribution is -2.43. The zero-order valence-corrected chi connectivity index (χ0v) is 30.3. The largest absolute Gasteiger partial charge is 0.461 e. The van der Waals surface area contributed by atoms with Gasteiger partial charge in [0.2, 0.25) is 0 Å². The van der Waals surface area contributed by atoms with E-state index < -0.39 is 11.6 Å². The normalized spacial score (nSPS) is 18.1. The molecule has 2 aromatic heterocycles. The van der Waals surface area contributed by atoms with Gasteiger partial charge in [-0.15, -0.1) is 24.5 Å². The maximum atomic E-state index is 16.7. The van der Waals surface area contributed by atoms with Crippen molar-refractivity contribution in [3.8, 4) is 23.2 Å². The number of aromatic nitrogens is 2. The first kappa shape index (κ1) is 36.6. The number of Topliss-reactive ketones (excluding diaryl/α,β-unsaturated/α-hetero) is 1. The minimum atomic E-state index is -0.730. The minimum Gasteiger partial charge on any atom is -0.461 e. The van der Waals surface area contributed by atoms with Gasteiger partial charge >= 0.3 is 6.01 Å². The summed E-state index contributed by atoms with van der Waals surface area (Å²) in [6.45, 7) is 13.5. The molecule has 8 rings (SSSR count). The number of nitrogens with zero attached hydrogens (tertiary/aromatic N) is 5. The van der Waals surface area contributed by atoms with Gasteiger partial charge in [-0.25, -0.2) is 8.78 Å². The number of anilines is 2. The highest BCUT2D eigenvalue weighted by Gasteiger charge is 2.45. The summed E-state index contributed by atoms with van der Waals surface area (Å²) in [7, 11) is 0. The van der Waals surface area contributed by atoms with Crippen LogP contribution in [0.25, 0.3) is 32.1 Å². The van der Waals surface area contributed by atoms with Gasteiger partial charge in [0.25, 0.3) is 0 Å². The number of ketones is 1. The first-order valence-corrected chi connectivity index (χ1v) is 18.5. The van der Waals surface area contributed by atoms with Crippen LogP contribution >= 0.6 is 22.9 Å². The average molecular weight is 734 g/mol. The molecular formula is C38H42ClF2N7O2S. The quantitative estimate of drug-likeness (QED) is 0.124. The van der Waals surface area contributed by atoms with Crippen LogP contribution in [0.2, 0.25) is 5.02 Å². The Kier molecular flexibility index (Phi) is 11.2. The lowest BCUT2D eigenvalue weighted by molar-refractivity contribution is -0.116. The van der Waals surface area contributed by atoms with Crippen LogP contribution in [0.15, 0.2) is 43.5 Å². The van der Waals surface area contributed by atoms with Crippen molar-refractivity contribution in [2.45, 2.75) is 63.5 Å². The van der Waals surface area contributed by atoms with E-state index in [1.54, 1.807) is 25.1 Å². The van der Waals surface area contributed by atoms with Crippen LogP contribution in [-0.4, -0.2) is 71.6 Å². The minimum absolute atomic E-state index is 0.00101. The molecule has 1 aliphatic carbocycles. The van der Waals surface area contributed by atoms with Crippen LogP contribution < -0.4 is 20.7 Å². The molecular weight excluding hydrogens is 692 g/mol. The fourth-order valence-electron chi connectivity index (χ4n) is 6.79. The number of nitriles is 1. The standard InChI is InChI=1S/C31H29ClF2N6OS.C4H7NO.C3H6/c1-3-11-39(12-4-2)29-19-15-21(32)24(18-7-8-22(33)27-23(18)20(16-35)28(36)42-27)25(34)26(19)37-30(38-29)41-17-31-9-5-13-40(31)14-6-10-31;1-3(6)4-2-5-4;1-2-3-1/h3-4,7-8,15H,1-2,5-6,9-14,17,36H2;4-5H,2H2,1H3;1-3H2. The molecule has 1 atom stereocenters. The molecule has 268 valence electrons. The SMILES string of the molecule is C1CC1.C=CCN(CC=C)c1nc(OCC23CCCN2CCC3)nc2c(F)c(-c3ccc(F)c4sc(N)c(C#N)c34)c(Cl)cc12.CC(=O)C1CN1. The maximum Gasteiger partial charge on any atom is 0.319 e. The lowest BCUT2D eigenvalue weighted by Gasteiger charge is -2.31. The molecule has 0 spiro atoms. The molecule has 3 N–H and O–H groups in total. The van der Waals surface area contributed by atoms with E-state index in [0.717, 1.165) is 56.7 Å². The highest BCUT2D eigenvalue weighted by molar-refractivity contribution is 7.23. The highest BCUT2D eigenvalue weighted by atomic mass is 35.5. The van der Waals surface area contributed by atoms with Crippen LogP contribution in [-0.2, 0) is 4.79 Å². The summed E-state index contributed by atoms with van der Waals surface area (Å²) in [6, 6.07) is 6.53. The van der Waals surface area contributed by atoms with E-state index in [4.69, 9.17) is 27.1 Å². The smallest absolute Gasteiger partial charge is 0.319 e. The fourth-order valence-corrected chi connectivity index (χ4v) is 8.03. The summed E-state index contributed by atoms with van der Waals surface area (Å²) in [5.41, 5.74) is 6.30. The van der Waals surface area contributed by atoms with Crippen molar-refractivity contribution in [2.24, 2.45) is 0 Å². The Bertz CT molecular complexity index is 2000. The second-order valence-electron chi connectivity index (χ2n) is 13.3. The molecule has 4 aliphatic rings. The Labute approximate surface area is 305 Å². The van der Waals surface area contributed by atoms with Gasteiger partial charge in [-0.2, -0.15) is 15.2 Å². The number of nitrogens with one attached hydrogen (secondary N) is 1. The zero-order valence-electron chi connectivity index (χ0n) is 28.7. The van der Waals surface area contributed by atoms with Gasteiger partial charge in [0.1, 0.15) is 40.6 Å². The van der Waals surface area contributed by atoms with Crippen molar-refractivity contribution < 1.29 is 18.3 Å². The second kappa shape index (κ2) is 15.6. The third-order valence-electron chi connectivity index (χ3n) is 9.57. The molecule has 1 unspecified atom stereocenters. The van der Waals surface area contributed by atoms with E-state index >= 15 is 4.39 Å². The molecule has 3 aliphatic heterocycles. The molecule has 0 amide bonds. The number of thiophene rings is 1. The first-order chi connectivity index (χ1) is 24.6. The summed E-state index contributed by atoms with van der Waals surface area (Å²) >= 11 is 7.71. The van der Waals surface area contributed by atoms with E-state index in [9.17, 15) is 14.4 Å². The third kappa shape index (κ3) is 7.72. The van der Waals surface area contributed by atoms with Gasteiger partial charge in [-0.3, -0.25) is 9.69 Å². The number of nitrogens with two attached hydrogens (primary N) is 1. The highest BCUT2D eigenvalue weighted by Crippen LogP contribution is 2.46. The summed E-state index contributed by atoms with van der Waals surface area (Å²) in [6.07, 6.45) is 12.2. The monoisotopic (exact) mass is 733 g/mol. The number of benzene rings is 2. The second-order valence-corrected chi connectivity index (χ2v) is 14.8. The summed E-state index contributed by atoms with van der Waals surface area (Å²) in [5.74, 6) is -0.598. The van der Waals surface area contributed by atoms with Crippen LogP contribution in [0.5, 0.6) is 6.01 Å². The van der Waals surface area contributed by atoms with E-state index in [2.05, 4.69) is 28.4 Å². The number of fused-ring (bicyclic) bond motifs is 3. The van der Waals surface area contributed by atoms with Crippen molar-refractivity contribution in [1.29, 1.82) is 5.26 Å². The summed E-state index contributed by atoms with van der Waals surface area (Å²) in [5, 5.41) is 13.5. The Balaban J connectivity index is 0.000000433. The van der Waals surface area contributed by atoms with Gasteiger partial charge in [-0.1, -0.05) is 49.1 Å². The molecule has 0 radical (unpaired) electrons. The van der Waals surface area contributed by atoms with E-state index in [1.807, 2.05) is 11.0 Å². The van der Waals surface area contributed by atoms with Crippen LogP contribution in [0.3, 0.4) is 0 Å². The van der Waals surface area contributed by atoms with Crippen LogP contribution in [0.1, 0.15) is 57.4 Å². The molecule has 5 heterocycles. The van der Waals surface area contributed by atoms with Crippen molar-refractivity contribution in [3.63, 3.8) is 0 Å². The predicted octanol–water partition coefficient (Wildman–Crippen LogP) is 7.80. The number of hydrogen-bond donors (Lipinski definition) is 2. The molecule has 51 heavy (non-hydrogen) atoms. The van der Waals surface area contributed by atoms with E-state index in [1.165, 1.54) is 31.4 Å². The average Bonchev–Trinajstić information content (AvgIpc) is 4.04. The molecule has 13 heteroatoms. The topological polar surface area (TPSA) is 130 Å². The Morgan fingerprint density at radius 1 is 1.20 bits per heavy atom. The number of carbonyl (C=O) groups excluding carboxylic acids is 1. The van der Waals surface area contributed by atoms with Crippen molar-refractivity contribution in [1.82, 2.24) is 20.2 Å². The van der Waals surface area contributed by atoms with Crippen molar-refractivity contribution in [3.05, 3.63) is 65.7 Å². The Morgan fingerprint density at radius 2 is 1.86 bits per heavy atom. The Morgan fingerprint density at radius 3 is 2.41 bits per heavy atom. The van der Waals surface area contributed by atoms with Crippen LogP contribution in [0, 0.1) is 23.0 Å². The van der Waals surface area contributed by atoms with Gasteiger partial charge < -0.3 is 20.7 Å². The summed E-state index contributed by atoms with van der Waals surface area (Å²) in [4.78, 5) is 23.8. The number of nitrogen functional groups attached to an aromatic ring is 1. The van der Waals surface area contributed by atoms with Gasteiger partial charge in [0, 0.05) is 36.0 Å². The van der Waals surface area contributed by atoms with Crippen molar-refractivity contribution in [2.75, 3.05) is 50.0 Å². The predicted molar refractivity (Wildman–Crippen MR) is 202 cm³/mol. The summed E-state index contributed by atoms with van der Waals surface area (Å²) < 4.78 is 37.9. The van der Waals surface area contributed by atoms with Gasteiger partial charge in [0.05, 0.1) is 26.9 Å². The molecule has 2 aromatic carbocycles. The maximum absolute atomic E-state index is 16.7. The number of ether oxygens (including phenoxy) is 1. The molecule has 3 saturated heterocycles. The third-order valence-corrected chi connectivity index (χ3v) is 10.9. The first-order valence-electron chi connectivity index (χ1n) is 17.3. The van der Waals surface area contributed by atoms with Gasteiger partial charge in [0.15, 0.2) is 5.82 Å². The van der Waals surface area contributed by atoms with Gasteiger partial charge in [-0.05, 0) is 63.4 Å². The van der Waals surface area contributed by atoms with Crippen LogP contribution in [0.4, 0.5) is 19.6 Å². The number of rotatable bonds is 10. The zero-order chi connectivity index (χ0) is 36.3. The molecule has 4 fully saturated rings. The Hall–Kier alpha value is -4.15. The molecule has 0 bridgehead atoms. The number of hydrogen-bond acceptors (Lipinski definition) is 10. The van der Waals surface area contributed by atoms with E-state index in [-0.39, 0.29) is 65.7 Å². The molecule has 1 saturated carbocycles.